The Hall–Kier alpha value is -0.570. The summed E-state index contributed by atoms with van der Waals surface area (Å²) < 4.78 is 0. The second-order valence-corrected chi connectivity index (χ2v) is 7.46. The molecule has 2 aliphatic heterocycles. The van der Waals surface area contributed by atoms with E-state index in [0.29, 0.717) is 23.8 Å². The molecule has 1 amide bonds. The van der Waals surface area contributed by atoms with Crippen molar-refractivity contribution in [2.45, 2.75) is 76.7 Å². The zero-order chi connectivity index (χ0) is 14.5. The highest BCUT2D eigenvalue weighted by atomic mass is 16.2. The summed E-state index contributed by atoms with van der Waals surface area (Å²) in [6, 6.07) is 0.538. The maximum Gasteiger partial charge on any atom is 0.223 e. The highest BCUT2D eigenvalue weighted by molar-refractivity contribution is 5.77. The van der Waals surface area contributed by atoms with Crippen LogP contribution in [0.4, 0.5) is 0 Å². The predicted octanol–water partition coefficient (Wildman–Crippen LogP) is 3.34. The van der Waals surface area contributed by atoms with E-state index in [1.807, 2.05) is 0 Å². The molecule has 2 heterocycles. The van der Waals surface area contributed by atoms with Crippen LogP contribution in [0.25, 0.3) is 0 Å². The van der Waals surface area contributed by atoms with Gasteiger partial charge in [-0.3, -0.25) is 4.79 Å². The molecule has 21 heavy (non-hydrogen) atoms. The van der Waals surface area contributed by atoms with E-state index >= 15 is 0 Å². The fourth-order valence-corrected chi connectivity index (χ4v) is 4.73. The van der Waals surface area contributed by atoms with Gasteiger partial charge in [0.25, 0.3) is 0 Å². The Morgan fingerprint density at radius 3 is 2.48 bits per heavy atom. The summed E-state index contributed by atoms with van der Waals surface area (Å²) in [6.07, 6.45) is 13.9. The number of nitrogens with zero attached hydrogens (tertiary/aromatic N) is 1. The summed E-state index contributed by atoms with van der Waals surface area (Å²) in [5.74, 6) is 1.85. The van der Waals surface area contributed by atoms with Gasteiger partial charge >= 0.3 is 0 Å². The number of piperidine rings is 1. The van der Waals surface area contributed by atoms with Crippen molar-refractivity contribution in [3.8, 4) is 0 Å². The summed E-state index contributed by atoms with van der Waals surface area (Å²) in [5, 5.41) is 3.52. The molecule has 1 N–H and O–H groups in total. The van der Waals surface area contributed by atoms with Gasteiger partial charge in [0.15, 0.2) is 0 Å². The molecule has 0 radical (unpaired) electrons. The average molecular weight is 292 g/mol. The van der Waals surface area contributed by atoms with Crippen molar-refractivity contribution in [2.75, 3.05) is 19.6 Å². The van der Waals surface area contributed by atoms with E-state index in [1.54, 1.807) is 0 Å². The summed E-state index contributed by atoms with van der Waals surface area (Å²) >= 11 is 0. The van der Waals surface area contributed by atoms with Crippen LogP contribution in [-0.2, 0) is 4.79 Å². The first kappa shape index (κ1) is 15.3. The zero-order valence-electron chi connectivity index (χ0n) is 13.5. The third kappa shape index (κ3) is 4.00. The second kappa shape index (κ2) is 7.62. The van der Waals surface area contributed by atoms with Crippen LogP contribution in [0, 0.1) is 11.8 Å². The number of nitrogens with one attached hydrogen (secondary N) is 1. The summed E-state index contributed by atoms with van der Waals surface area (Å²) in [5.41, 5.74) is 0. The van der Waals surface area contributed by atoms with Crippen molar-refractivity contribution in [3.63, 3.8) is 0 Å². The minimum atomic E-state index is 0.468. The Bertz CT molecular complexity index is 330. The van der Waals surface area contributed by atoms with Gasteiger partial charge < -0.3 is 10.2 Å². The fourth-order valence-electron chi connectivity index (χ4n) is 4.73. The molecule has 3 rings (SSSR count). The molecule has 0 bridgehead atoms. The topological polar surface area (TPSA) is 32.3 Å². The highest BCUT2D eigenvalue weighted by Crippen LogP contribution is 2.31. The SMILES string of the molecule is O=C(CC1CCCCCC1)N1CCCC1C1CCCNC1. The molecule has 1 aliphatic carbocycles. The third-order valence-corrected chi connectivity index (χ3v) is 5.94. The quantitative estimate of drug-likeness (QED) is 0.809. The van der Waals surface area contributed by atoms with E-state index in [0.717, 1.165) is 19.5 Å². The van der Waals surface area contributed by atoms with Crippen molar-refractivity contribution in [2.24, 2.45) is 11.8 Å². The summed E-state index contributed by atoms with van der Waals surface area (Å²) in [6.45, 7) is 3.31. The van der Waals surface area contributed by atoms with E-state index in [2.05, 4.69) is 10.2 Å². The Morgan fingerprint density at radius 1 is 0.952 bits per heavy atom. The van der Waals surface area contributed by atoms with E-state index in [1.165, 1.54) is 70.8 Å². The van der Waals surface area contributed by atoms with Gasteiger partial charge in [0, 0.05) is 19.0 Å². The second-order valence-electron chi connectivity index (χ2n) is 7.46. The predicted molar refractivity (Wildman–Crippen MR) is 86.1 cm³/mol. The Kier molecular flexibility index (Phi) is 5.56. The molecule has 0 aromatic rings. The molecule has 3 fully saturated rings. The Labute approximate surface area is 129 Å². The molecular formula is C18H32N2O. The van der Waals surface area contributed by atoms with Crippen LogP contribution in [0.3, 0.4) is 0 Å². The van der Waals surface area contributed by atoms with Crippen molar-refractivity contribution < 1.29 is 4.79 Å². The first-order chi connectivity index (χ1) is 10.3. The highest BCUT2D eigenvalue weighted by Gasteiger charge is 2.35. The fraction of sp³-hybridized carbons (Fsp3) is 0.944. The summed E-state index contributed by atoms with van der Waals surface area (Å²) in [4.78, 5) is 15.1. The smallest absolute Gasteiger partial charge is 0.223 e. The van der Waals surface area contributed by atoms with Gasteiger partial charge in [-0.15, -0.1) is 0 Å². The van der Waals surface area contributed by atoms with E-state index in [9.17, 15) is 4.79 Å². The number of hydrogen-bond acceptors (Lipinski definition) is 2. The number of amides is 1. The van der Waals surface area contributed by atoms with Gasteiger partial charge in [0.2, 0.25) is 5.91 Å². The van der Waals surface area contributed by atoms with Crippen molar-refractivity contribution in [1.82, 2.24) is 10.2 Å². The van der Waals surface area contributed by atoms with Gasteiger partial charge in [-0.05, 0) is 63.5 Å². The number of hydrogen-bond donors (Lipinski definition) is 1. The molecule has 3 nitrogen and oxygen atoms in total. The maximum absolute atomic E-state index is 12.8. The average Bonchev–Trinajstić information content (AvgIpc) is 2.87. The lowest BCUT2D eigenvalue weighted by molar-refractivity contribution is -0.134. The number of likely N-dealkylation sites (tertiary alicyclic amines) is 1. The van der Waals surface area contributed by atoms with E-state index in [4.69, 9.17) is 0 Å². The van der Waals surface area contributed by atoms with Gasteiger partial charge in [-0.25, -0.2) is 0 Å². The van der Waals surface area contributed by atoms with Crippen molar-refractivity contribution in [3.05, 3.63) is 0 Å². The molecule has 120 valence electrons. The standard InChI is InChI=1S/C18H32N2O/c21-18(13-15-7-3-1-2-4-8-15)20-12-6-10-17(20)16-9-5-11-19-14-16/h15-17,19H,1-14H2. The molecule has 2 atom stereocenters. The lowest BCUT2D eigenvalue weighted by Gasteiger charge is -2.35. The first-order valence-corrected chi connectivity index (χ1v) is 9.35. The Balaban J connectivity index is 1.54. The van der Waals surface area contributed by atoms with Gasteiger partial charge in [-0.2, -0.15) is 0 Å². The monoisotopic (exact) mass is 292 g/mol. The molecule has 2 saturated heterocycles. The third-order valence-electron chi connectivity index (χ3n) is 5.94. The van der Waals surface area contributed by atoms with E-state index in [-0.39, 0.29) is 0 Å². The molecular weight excluding hydrogens is 260 g/mol. The molecule has 1 saturated carbocycles. The molecule has 0 spiro atoms. The molecule has 3 aliphatic rings. The lowest BCUT2D eigenvalue weighted by atomic mass is 9.89. The minimum absolute atomic E-state index is 0.468. The van der Waals surface area contributed by atoms with Crippen LogP contribution in [0.1, 0.15) is 70.6 Å². The largest absolute Gasteiger partial charge is 0.339 e. The van der Waals surface area contributed by atoms with Crippen LogP contribution in [-0.4, -0.2) is 36.5 Å². The zero-order valence-corrected chi connectivity index (χ0v) is 13.5. The lowest BCUT2D eigenvalue weighted by Crippen LogP contribution is -2.45. The normalized spacial score (nSPS) is 32.1. The number of carbonyl (C=O) groups excluding carboxylic acids is 1. The molecule has 3 heteroatoms. The molecule has 0 aromatic heterocycles. The van der Waals surface area contributed by atoms with Gasteiger partial charge in [-0.1, -0.05) is 25.7 Å². The molecule has 0 aromatic carbocycles. The van der Waals surface area contributed by atoms with Gasteiger partial charge in [0.1, 0.15) is 0 Å². The van der Waals surface area contributed by atoms with Crippen LogP contribution in [0.2, 0.25) is 0 Å². The summed E-state index contributed by atoms with van der Waals surface area (Å²) in [7, 11) is 0. The number of carbonyl (C=O) groups is 1. The van der Waals surface area contributed by atoms with Gasteiger partial charge in [0.05, 0.1) is 0 Å². The van der Waals surface area contributed by atoms with Crippen LogP contribution in [0.5, 0.6) is 0 Å². The maximum atomic E-state index is 12.8. The van der Waals surface area contributed by atoms with Crippen molar-refractivity contribution >= 4 is 5.91 Å². The Morgan fingerprint density at radius 2 is 1.76 bits per heavy atom. The minimum Gasteiger partial charge on any atom is -0.339 e. The van der Waals surface area contributed by atoms with Crippen molar-refractivity contribution in [1.29, 1.82) is 0 Å². The number of rotatable bonds is 3. The first-order valence-electron chi connectivity index (χ1n) is 9.35. The van der Waals surface area contributed by atoms with E-state index < -0.39 is 0 Å². The molecule has 2 unspecified atom stereocenters. The van der Waals surface area contributed by atoms with Crippen LogP contribution in [0.15, 0.2) is 0 Å². The van der Waals surface area contributed by atoms with Crippen LogP contribution >= 0.6 is 0 Å². The van der Waals surface area contributed by atoms with Crippen LogP contribution < -0.4 is 5.32 Å².